The first-order valence-electron chi connectivity index (χ1n) is 6.91. The minimum absolute atomic E-state index is 0.164. The van der Waals surface area contributed by atoms with E-state index >= 15 is 0 Å². The monoisotopic (exact) mass is 278 g/mol. The lowest BCUT2D eigenvalue weighted by Gasteiger charge is -2.46. The van der Waals surface area contributed by atoms with Crippen LogP contribution in [0, 0.1) is 0 Å². The van der Waals surface area contributed by atoms with Crippen LogP contribution < -0.4 is 5.32 Å². The molecule has 1 fully saturated rings. The molecule has 1 aromatic rings. The van der Waals surface area contributed by atoms with Gasteiger partial charge in [-0.15, -0.1) is 0 Å². The molecule has 3 heteroatoms. The molecule has 2 nitrogen and oxygen atoms in total. The molecule has 1 aliphatic rings. The fraction of sp³-hybridized carbons (Fsp3) is 0.500. The van der Waals surface area contributed by atoms with Gasteiger partial charge in [-0.25, -0.2) is 0 Å². The van der Waals surface area contributed by atoms with Gasteiger partial charge in [0.2, 0.25) is 0 Å². The van der Waals surface area contributed by atoms with Crippen molar-refractivity contribution in [1.82, 2.24) is 10.2 Å². The molecule has 19 heavy (non-hydrogen) atoms. The highest BCUT2D eigenvalue weighted by Crippen LogP contribution is 2.29. The number of benzene rings is 1. The van der Waals surface area contributed by atoms with Gasteiger partial charge in [0, 0.05) is 36.2 Å². The first-order chi connectivity index (χ1) is 9.04. The molecule has 2 atom stereocenters. The predicted octanol–water partition coefficient (Wildman–Crippen LogP) is 3.55. The third-order valence-electron chi connectivity index (χ3n) is 4.05. The fourth-order valence-corrected chi connectivity index (χ4v) is 2.87. The number of hydrogen-bond acceptors (Lipinski definition) is 2. The summed E-state index contributed by atoms with van der Waals surface area (Å²) in [5.41, 5.74) is 1.50. The van der Waals surface area contributed by atoms with Crippen molar-refractivity contribution in [2.45, 2.75) is 31.8 Å². The zero-order valence-electron chi connectivity index (χ0n) is 11.8. The molecule has 0 saturated carbocycles. The average molecular weight is 279 g/mol. The Labute approximate surface area is 121 Å². The van der Waals surface area contributed by atoms with Crippen LogP contribution in [0.4, 0.5) is 0 Å². The zero-order valence-corrected chi connectivity index (χ0v) is 12.6. The van der Waals surface area contributed by atoms with Crippen molar-refractivity contribution in [2.75, 3.05) is 19.6 Å². The molecule has 2 unspecified atom stereocenters. The first-order valence-corrected chi connectivity index (χ1v) is 7.29. The second-order valence-electron chi connectivity index (χ2n) is 5.64. The van der Waals surface area contributed by atoms with Crippen LogP contribution >= 0.6 is 11.6 Å². The number of halogens is 1. The van der Waals surface area contributed by atoms with Gasteiger partial charge in [0.05, 0.1) is 0 Å². The van der Waals surface area contributed by atoms with Crippen molar-refractivity contribution in [3.63, 3.8) is 0 Å². The highest BCUT2D eigenvalue weighted by molar-refractivity contribution is 6.29. The standard InChI is InChI=1S/C16H23ClN2/c1-4-16(3)12-19(11-13(2)17)15(10-18-16)14-8-6-5-7-9-14/h5-9,15,18H,2,4,10-12H2,1,3H3. The van der Waals surface area contributed by atoms with Crippen LogP contribution in [-0.4, -0.2) is 30.1 Å². The first kappa shape index (κ1) is 14.6. The van der Waals surface area contributed by atoms with Crippen LogP contribution in [0.2, 0.25) is 0 Å². The lowest BCUT2D eigenvalue weighted by atomic mass is 9.91. The summed E-state index contributed by atoms with van der Waals surface area (Å²) in [5.74, 6) is 0. The Kier molecular flexibility index (Phi) is 4.67. The number of nitrogens with zero attached hydrogens (tertiary/aromatic N) is 1. The quantitative estimate of drug-likeness (QED) is 0.906. The average Bonchev–Trinajstić information content (AvgIpc) is 2.39. The van der Waals surface area contributed by atoms with E-state index in [1.807, 2.05) is 0 Å². The molecule has 1 aliphatic heterocycles. The van der Waals surface area contributed by atoms with Gasteiger partial charge in [0.15, 0.2) is 0 Å². The third-order valence-corrected chi connectivity index (χ3v) is 4.17. The van der Waals surface area contributed by atoms with Crippen molar-refractivity contribution >= 4 is 11.6 Å². The molecule has 0 bridgehead atoms. The highest BCUT2D eigenvalue weighted by atomic mass is 35.5. The highest BCUT2D eigenvalue weighted by Gasteiger charge is 2.35. The normalized spacial score (nSPS) is 28.3. The van der Waals surface area contributed by atoms with E-state index in [4.69, 9.17) is 11.6 Å². The maximum absolute atomic E-state index is 6.04. The molecule has 0 radical (unpaired) electrons. The number of piperazine rings is 1. The van der Waals surface area contributed by atoms with Crippen molar-refractivity contribution in [2.24, 2.45) is 0 Å². The van der Waals surface area contributed by atoms with Crippen LogP contribution in [0.1, 0.15) is 31.9 Å². The minimum atomic E-state index is 0.164. The topological polar surface area (TPSA) is 15.3 Å². The Hall–Kier alpha value is -0.830. The van der Waals surface area contributed by atoms with Gasteiger partial charge in [-0.05, 0) is 18.9 Å². The van der Waals surface area contributed by atoms with Gasteiger partial charge in [0.1, 0.15) is 0 Å². The van der Waals surface area contributed by atoms with Gasteiger partial charge in [0.25, 0.3) is 0 Å². The zero-order chi connectivity index (χ0) is 13.9. The molecule has 0 aliphatic carbocycles. The smallest absolute Gasteiger partial charge is 0.0477 e. The summed E-state index contributed by atoms with van der Waals surface area (Å²) in [4.78, 5) is 2.44. The molecule has 1 aromatic carbocycles. The Morgan fingerprint density at radius 3 is 2.74 bits per heavy atom. The summed E-state index contributed by atoms with van der Waals surface area (Å²) in [5, 5.41) is 4.39. The van der Waals surface area contributed by atoms with Crippen LogP contribution in [0.15, 0.2) is 41.9 Å². The molecule has 1 N–H and O–H groups in total. The van der Waals surface area contributed by atoms with Crippen molar-refractivity contribution in [3.8, 4) is 0 Å². The van der Waals surface area contributed by atoms with Crippen LogP contribution in [0.25, 0.3) is 0 Å². The SMILES string of the molecule is C=C(Cl)CN1CC(C)(CC)NCC1c1ccccc1. The molecular weight excluding hydrogens is 256 g/mol. The molecule has 0 aromatic heterocycles. The van der Waals surface area contributed by atoms with E-state index in [1.165, 1.54) is 5.56 Å². The summed E-state index contributed by atoms with van der Waals surface area (Å²) >= 11 is 6.04. The Bertz CT molecular complexity index is 432. The molecule has 2 rings (SSSR count). The Morgan fingerprint density at radius 1 is 1.47 bits per heavy atom. The van der Waals surface area contributed by atoms with Gasteiger partial charge in [-0.2, -0.15) is 0 Å². The van der Waals surface area contributed by atoms with Gasteiger partial charge >= 0.3 is 0 Å². The van der Waals surface area contributed by atoms with Gasteiger partial charge < -0.3 is 5.32 Å². The second-order valence-corrected chi connectivity index (χ2v) is 6.18. The van der Waals surface area contributed by atoms with Crippen LogP contribution in [-0.2, 0) is 0 Å². The van der Waals surface area contributed by atoms with Crippen molar-refractivity contribution in [3.05, 3.63) is 47.5 Å². The molecule has 1 saturated heterocycles. The number of nitrogens with one attached hydrogen (secondary N) is 1. The molecule has 1 heterocycles. The lowest BCUT2D eigenvalue weighted by Crippen LogP contribution is -2.59. The minimum Gasteiger partial charge on any atom is -0.308 e. The molecule has 0 amide bonds. The number of rotatable bonds is 4. The van der Waals surface area contributed by atoms with E-state index in [1.54, 1.807) is 0 Å². The summed E-state index contributed by atoms with van der Waals surface area (Å²) in [7, 11) is 0. The van der Waals surface area contributed by atoms with E-state index in [-0.39, 0.29) is 5.54 Å². The maximum atomic E-state index is 6.04. The fourth-order valence-electron chi connectivity index (χ4n) is 2.71. The van der Waals surface area contributed by atoms with E-state index in [9.17, 15) is 0 Å². The Balaban J connectivity index is 2.20. The van der Waals surface area contributed by atoms with E-state index in [0.29, 0.717) is 11.1 Å². The predicted molar refractivity (Wildman–Crippen MR) is 82.4 cm³/mol. The van der Waals surface area contributed by atoms with Crippen LogP contribution in [0.3, 0.4) is 0 Å². The third kappa shape index (κ3) is 3.59. The van der Waals surface area contributed by atoms with E-state index in [0.717, 1.165) is 26.1 Å². The summed E-state index contributed by atoms with van der Waals surface area (Å²) < 4.78 is 0. The van der Waals surface area contributed by atoms with E-state index in [2.05, 4.69) is 61.0 Å². The second kappa shape index (κ2) is 6.08. The molecule has 104 valence electrons. The number of hydrogen-bond donors (Lipinski definition) is 1. The molecule has 0 spiro atoms. The lowest BCUT2D eigenvalue weighted by molar-refractivity contribution is 0.0947. The van der Waals surface area contributed by atoms with Gasteiger partial charge in [-0.3, -0.25) is 4.90 Å². The molecular formula is C16H23ClN2. The van der Waals surface area contributed by atoms with E-state index < -0.39 is 0 Å². The summed E-state index contributed by atoms with van der Waals surface area (Å²) in [6, 6.07) is 11.0. The van der Waals surface area contributed by atoms with Crippen LogP contribution in [0.5, 0.6) is 0 Å². The largest absolute Gasteiger partial charge is 0.308 e. The summed E-state index contributed by atoms with van der Waals surface area (Å²) in [6.45, 7) is 11.1. The van der Waals surface area contributed by atoms with Crippen molar-refractivity contribution < 1.29 is 0 Å². The Morgan fingerprint density at radius 2 is 2.16 bits per heavy atom. The summed E-state index contributed by atoms with van der Waals surface area (Å²) in [6.07, 6.45) is 1.11. The van der Waals surface area contributed by atoms with Gasteiger partial charge in [-0.1, -0.05) is 55.4 Å². The maximum Gasteiger partial charge on any atom is 0.0477 e. The van der Waals surface area contributed by atoms with Crippen molar-refractivity contribution in [1.29, 1.82) is 0 Å².